The molecule has 1 fully saturated rings. The molecule has 24 heavy (non-hydrogen) atoms. The van der Waals surface area contributed by atoms with Crippen LogP contribution in [0.3, 0.4) is 0 Å². The van der Waals surface area contributed by atoms with Gasteiger partial charge in [-0.05, 0) is 23.9 Å². The number of morpholine rings is 1. The molecule has 3 rings (SSSR count). The lowest BCUT2D eigenvalue weighted by Crippen LogP contribution is -2.43. The third-order valence-corrected chi connectivity index (χ3v) is 5.31. The molecule has 1 saturated heterocycles. The monoisotopic (exact) mass is 344 g/mol. The number of amides is 1. The zero-order valence-corrected chi connectivity index (χ0v) is 14.8. The normalized spacial score (nSPS) is 16.7. The fourth-order valence-electron chi connectivity index (χ4n) is 2.94. The number of nitrogens with zero attached hydrogens (tertiary/aromatic N) is 1. The molecule has 1 N–H and O–H groups in total. The molecular formula is C19H24N2O2S. The average molecular weight is 344 g/mol. The maximum Gasteiger partial charge on any atom is 0.224 e. The Hall–Kier alpha value is -1.69. The van der Waals surface area contributed by atoms with Crippen LogP contribution in [-0.2, 0) is 16.0 Å². The van der Waals surface area contributed by atoms with E-state index in [-0.39, 0.29) is 11.9 Å². The summed E-state index contributed by atoms with van der Waals surface area (Å²) in [5, 5.41) is 5.21. The van der Waals surface area contributed by atoms with Crippen molar-refractivity contribution in [1.29, 1.82) is 0 Å². The molecule has 0 unspecified atom stereocenters. The van der Waals surface area contributed by atoms with Crippen molar-refractivity contribution >= 4 is 17.2 Å². The molecule has 2 heterocycles. The summed E-state index contributed by atoms with van der Waals surface area (Å²) in [6, 6.07) is 12.6. The van der Waals surface area contributed by atoms with E-state index in [1.807, 2.05) is 24.3 Å². The number of aryl methyl sites for hydroxylation is 1. The van der Waals surface area contributed by atoms with Gasteiger partial charge in [-0.3, -0.25) is 9.69 Å². The van der Waals surface area contributed by atoms with Crippen molar-refractivity contribution in [2.24, 2.45) is 0 Å². The van der Waals surface area contributed by atoms with Gasteiger partial charge >= 0.3 is 0 Å². The summed E-state index contributed by atoms with van der Waals surface area (Å²) in [6.07, 6.45) is 0.431. The first-order chi connectivity index (χ1) is 11.7. The van der Waals surface area contributed by atoms with E-state index in [4.69, 9.17) is 4.74 Å². The van der Waals surface area contributed by atoms with Crippen LogP contribution in [0.25, 0.3) is 0 Å². The molecule has 1 aliphatic heterocycles. The first-order valence-electron chi connectivity index (χ1n) is 8.40. The van der Waals surface area contributed by atoms with Crippen molar-refractivity contribution in [3.8, 4) is 0 Å². The van der Waals surface area contributed by atoms with Gasteiger partial charge in [-0.2, -0.15) is 0 Å². The molecule has 1 aliphatic rings. The smallest absolute Gasteiger partial charge is 0.224 e. The summed E-state index contributed by atoms with van der Waals surface area (Å²) >= 11 is 1.75. The molecule has 1 atom stereocenters. The lowest BCUT2D eigenvalue weighted by molar-refractivity contribution is -0.120. The Morgan fingerprint density at radius 3 is 2.67 bits per heavy atom. The first kappa shape index (κ1) is 17.1. The van der Waals surface area contributed by atoms with Crippen LogP contribution < -0.4 is 5.32 Å². The molecular weight excluding hydrogens is 320 g/mol. The zero-order valence-electron chi connectivity index (χ0n) is 14.0. The van der Waals surface area contributed by atoms with Gasteiger partial charge in [-0.15, -0.1) is 11.3 Å². The van der Waals surface area contributed by atoms with Crippen LogP contribution in [0.2, 0.25) is 0 Å². The summed E-state index contributed by atoms with van der Waals surface area (Å²) in [4.78, 5) is 16.0. The van der Waals surface area contributed by atoms with E-state index in [2.05, 4.69) is 34.7 Å². The third-order valence-electron chi connectivity index (χ3n) is 4.34. The van der Waals surface area contributed by atoms with Crippen molar-refractivity contribution in [1.82, 2.24) is 10.2 Å². The minimum absolute atomic E-state index is 0.0775. The SMILES string of the molecule is Cc1ccc(CC(=O)NC[C@@H](c2cccs2)N2CCOCC2)cc1. The number of thiophene rings is 1. The van der Waals surface area contributed by atoms with E-state index in [0.29, 0.717) is 13.0 Å². The summed E-state index contributed by atoms with van der Waals surface area (Å²) < 4.78 is 5.46. The van der Waals surface area contributed by atoms with Crippen molar-refractivity contribution in [3.63, 3.8) is 0 Å². The topological polar surface area (TPSA) is 41.6 Å². The van der Waals surface area contributed by atoms with E-state index in [1.54, 1.807) is 11.3 Å². The van der Waals surface area contributed by atoms with Gasteiger partial charge in [0.1, 0.15) is 0 Å². The van der Waals surface area contributed by atoms with E-state index < -0.39 is 0 Å². The molecule has 0 bridgehead atoms. The van der Waals surface area contributed by atoms with E-state index in [9.17, 15) is 4.79 Å². The summed E-state index contributed by atoms with van der Waals surface area (Å²) in [6.45, 7) is 6.05. The molecule has 4 nitrogen and oxygen atoms in total. The van der Waals surface area contributed by atoms with Crippen LogP contribution in [0.1, 0.15) is 22.0 Å². The Morgan fingerprint density at radius 1 is 1.25 bits per heavy atom. The largest absolute Gasteiger partial charge is 0.379 e. The molecule has 0 radical (unpaired) electrons. The van der Waals surface area contributed by atoms with Crippen LogP contribution in [-0.4, -0.2) is 43.7 Å². The van der Waals surface area contributed by atoms with Gasteiger partial charge < -0.3 is 10.1 Å². The minimum atomic E-state index is 0.0775. The molecule has 1 amide bonds. The Balaban J connectivity index is 1.58. The van der Waals surface area contributed by atoms with Crippen LogP contribution in [0.4, 0.5) is 0 Å². The number of rotatable bonds is 6. The lowest BCUT2D eigenvalue weighted by atomic mass is 10.1. The highest BCUT2D eigenvalue weighted by Crippen LogP contribution is 2.25. The predicted molar refractivity (Wildman–Crippen MR) is 97.3 cm³/mol. The molecule has 1 aromatic heterocycles. The second-order valence-electron chi connectivity index (χ2n) is 6.15. The standard InChI is InChI=1S/C19H24N2O2S/c1-15-4-6-16(7-5-15)13-19(22)20-14-17(18-3-2-12-24-18)21-8-10-23-11-9-21/h2-7,12,17H,8-11,13-14H2,1H3,(H,20,22)/t17-/m0/s1. The van der Waals surface area contributed by atoms with Gasteiger partial charge in [0.2, 0.25) is 5.91 Å². The predicted octanol–water partition coefficient (Wildman–Crippen LogP) is 2.79. The highest BCUT2D eigenvalue weighted by atomic mass is 32.1. The first-order valence-corrected chi connectivity index (χ1v) is 9.28. The number of nitrogens with one attached hydrogen (secondary N) is 1. The average Bonchev–Trinajstić information content (AvgIpc) is 3.12. The molecule has 0 saturated carbocycles. The fraction of sp³-hybridized carbons (Fsp3) is 0.421. The van der Waals surface area contributed by atoms with Gasteiger partial charge in [0.05, 0.1) is 25.7 Å². The number of hydrogen-bond acceptors (Lipinski definition) is 4. The molecule has 1 aromatic carbocycles. The van der Waals surface area contributed by atoms with E-state index >= 15 is 0 Å². The second-order valence-corrected chi connectivity index (χ2v) is 7.13. The Labute approximate surface area is 147 Å². The Morgan fingerprint density at radius 2 is 2.00 bits per heavy atom. The van der Waals surface area contributed by atoms with E-state index in [1.165, 1.54) is 10.4 Å². The van der Waals surface area contributed by atoms with Gasteiger partial charge in [-0.1, -0.05) is 35.9 Å². The van der Waals surface area contributed by atoms with Gasteiger partial charge in [-0.25, -0.2) is 0 Å². The second kappa shape index (κ2) is 8.42. The van der Waals surface area contributed by atoms with Crippen molar-refractivity contribution in [2.45, 2.75) is 19.4 Å². The maximum absolute atomic E-state index is 12.3. The van der Waals surface area contributed by atoms with Crippen molar-refractivity contribution < 1.29 is 9.53 Å². The van der Waals surface area contributed by atoms with Crippen LogP contribution in [0.5, 0.6) is 0 Å². The number of hydrogen-bond donors (Lipinski definition) is 1. The summed E-state index contributed by atoms with van der Waals surface area (Å²) in [7, 11) is 0. The van der Waals surface area contributed by atoms with E-state index in [0.717, 1.165) is 31.9 Å². The molecule has 5 heteroatoms. The molecule has 2 aromatic rings. The highest BCUT2D eigenvalue weighted by Gasteiger charge is 2.23. The highest BCUT2D eigenvalue weighted by molar-refractivity contribution is 7.10. The third kappa shape index (κ3) is 4.66. The van der Waals surface area contributed by atoms with Crippen molar-refractivity contribution in [2.75, 3.05) is 32.8 Å². The fourth-order valence-corrected chi connectivity index (χ4v) is 3.80. The molecule has 0 aliphatic carbocycles. The Bertz CT molecular complexity index is 634. The van der Waals surface area contributed by atoms with Gasteiger partial charge in [0.15, 0.2) is 0 Å². The summed E-state index contributed by atoms with van der Waals surface area (Å²) in [5.74, 6) is 0.0775. The van der Waals surface area contributed by atoms with Gasteiger partial charge in [0.25, 0.3) is 0 Å². The number of benzene rings is 1. The summed E-state index contributed by atoms with van der Waals surface area (Å²) in [5.41, 5.74) is 2.27. The lowest BCUT2D eigenvalue weighted by Gasteiger charge is -2.34. The Kier molecular flexibility index (Phi) is 6.01. The number of carbonyl (C=O) groups excluding carboxylic acids is 1. The number of carbonyl (C=O) groups is 1. The minimum Gasteiger partial charge on any atom is -0.379 e. The molecule has 128 valence electrons. The van der Waals surface area contributed by atoms with Crippen molar-refractivity contribution in [3.05, 3.63) is 57.8 Å². The maximum atomic E-state index is 12.3. The zero-order chi connectivity index (χ0) is 16.8. The number of ether oxygens (including phenoxy) is 1. The quantitative estimate of drug-likeness (QED) is 0.876. The van der Waals surface area contributed by atoms with Crippen LogP contribution >= 0.6 is 11.3 Å². The molecule has 0 spiro atoms. The van der Waals surface area contributed by atoms with Crippen LogP contribution in [0.15, 0.2) is 41.8 Å². The van der Waals surface area contributed by atoms with Crippen LogP contribution in [0, 0.1) is 6.92 Å². The van der Waals surface area contributed by atoms with Gasteiger partial charge in [0, 0.05) is 24.5 Å².